The number of piperidine rings is 1. The summed E-state index contributed by atoms with van der Waals surface area (Å²) in [6, 6.07) is -0.171. The molecule has 8 nitrogen and oxygen atoms in total. The molecular weight excluding hydrogens is 443 g/mol. The molecule has 0 saturated carbocycles. The molecule has 0 amide bonds. The van der Waals surface area contributed by atoms with Crippen LogP contribution in [0.2, 0.25) is 0 Å². The number of thiazole rings is 1. The van der Waals surface area contributed by atoms with Gasteiger partial charge in [-0.25, -0.2) is 27.7 Å². The smallest absolute Gasteiger partial charge is 0.385 e. The van der Waals surface area contributed by atoms with Gasteiger partial charge in [0.2, 0.25) is 16.0 Å². The third-order valence-electron chi connectivity index (χ3n) is 4.66. The van der Waals surface area contributed by atoms with E-state index in [0.717, 1.165) is 17.6 Å². The number of rotatable bonds is 5. The van der Waals surface area contributed by atoms with E-state index >= 15 is 0 Å². The molecule has 1 aliphatic heterocycles. The van der Waals surface area contributed by atoms with Gasteiger partial charge < -0.3 is 10.4 Å². The molecule has 0 bridgehead atoms. The minimum absolute atomic E-state index is 0.0100. The van der Waals surface area contributed by atoms with Crippen LogP contribution < -0.4 is 5.32 Å². The van der Waals surface area contributed by atoms with Gasteiger partial charge in [0.25, 0.3) is 0 Å². The molecule has 30 heavy (non-hydrogen) atoms. The van der Waals surface area contributed by atoms with Crippen molar-refractivity contribution in [2.45, 2.75) is 44.5 Å². The molecule has 0 radical (unpaired) electrons. The van der Waals surface area contributed by atoms with E-state index in [1.165, 1.54) is 24.3 Å². The van der Waals surface area contributed by atoms with Crippen LogP contribution in [-0.2, 0) is 21.8 Å². The van der Waals surface area contributed by atoms with Crippen LogP contribution in [0.5, 0.6) is 0 Å². The SMILES string of the molecule is CC(C)(O)c1cnc(-c2nc(NC3CCN(S(C)(=O)=O)CC3)ncc2C(F)(F)F)s1. The van der Waals surface area contributed by atoms with Gasteiger partial charge >= 0.3 is 6.18 Å². The van der Waals surface area contributed by atoms with Crippen LogP contribution in [0.4, 0.5) is 19.1 Å². The third-order valence-corrected chi connectivity index (χ3v) is 7.28. The second kappa shape index (κ2) is 8.02. The van der Waals surface area contributed by atoms with Gasteiger partial charge in [-0.15, -0.1) is 11.3 Å². The third kappa shape index (κ3) is 5.25. The molecule has 1 aliphatic rings. The normalized spacial score (nSPS) is 17.3. The van der Waals surface area contributed by atoms with E-state index in [4.69, 9.17) is 0 Å². The Kier molecular flexibility index (Phi) is 6.11. The molecule has 3 rings (SSSR count). The maximum Gasteiger partial charge on any atom is 0.420 e. The number of alkyl halides is 3. The highest BCUT2D eigenvalue weighted by Crippen LogP contribution is 2.39. The van der Waals surface area contributed by atoms with Crippen molar-refractivity contribution < 1.29 is 26.7 Å². The van der Waals surface area contributed by atoms with Crippen molar-refractivity contribution in [2.24, 2.45) is 0 Å². The number of anilines is 1. The molecule has 0 aromatic carbocycles. The van der Waals surface area contributed by atoms with Crippen LogP contribution in [0.3, 0.4) is 0 Å². The van der Waals surface area contributed by atoms with Crippen molar-refractivity contribution in [3.63, 3.8) is 0 Å². The highest BCUT2D eigenvalue weighted by molar-refractivity contribution is 7.88. The number of nitrogens with one attached hydrogen (secondary N) is 1. The molecule has 13 heteroatoms. The van der Waals surface area contributed by atoms with E-state index in [-0.39, 0.29) is 22.7 Å². The summed E-state index contributed by atoms with van der Waals surface area (Å²) in [4.78, 5) is 12.3. The van der Waals surface area contributed by atoms with Crippen molar-refractivity contribution >= 4 is 27.3 Å². The zero-order valence-electron chi connectivity index (χ0n) is 16.6. The van der Waals surface area contributed by atoms with Gasteiger partial charge in [0, 0.05) is 31.5 Å². The Bertz CT molecular complexity index is 1010. The number of sulfonamides is 1. The average molecular weight is 466 g/mol. The summed E-state index contributed by atoms with van der Waals surface area (Å²) in [6.07, 6.45) is -0.533. The van der Waals surface area contributed by atoms with Crippen LogP contribution >= 0.6 is 11.3 Å². The van der Waals surface area contributed by atoms with Crippen LogP contribution in [0.25, 0.3) is 10.7 Å². The zero-order valence-corrected chi connectivity index (χ0v) is 18.2. The highest BCUT2D eigenvalue weighted by atomic mass is 32.2. The maximum atomic E-state index is 13.5. The van der Waals surface area contributed by atoms with Crippen molar-refractivity contribution in [3.8, 4) is 10.7 Å². The molecule has 0 aliphatic carbocycles. The lowest BCUT2D eigenvalue weighted by Gasteiger charge is -2.30. The summed E-state index contributed by atoms with van der Waals surface area (Å²) in [5, 5.41) is 13.1. The summed E-state index contributed by atoms with van der Waals surface area (Å²) in [6.45, 7) is 3.66. The first-order valence-corrected chi connectivity index (χ1v) is 11.8. The molecule has 2 aromatic heterocycles. The Morgan fingerprint density at radius 2 is 1.83 bits per heavy atom. The van der Waals surface area contributed by atoms with Crippen LogP contribution in [-0.4, -0.2) is 58.2 Å². The Hall–Kier alpha value is -1.83. The second-order valence-corrected chi connectivity index (χ2v) is 10.6. The standard InChI is InChI=1S/C17H22F3N5O3S2/c1-16(2,26)12-9-21-14(29-12)13-11(17(18,19)20)8-22-15(24-13)23-10-4-6-25(7-5-10)30(3,27)28/h8-10,26H,4-7H2,1-3H3,(H,22,23,24). The topological polar surface area (TPSA) is 108 Å². The molecular formula is C17H22F3N5O3S2. The Morgan fingerprint density at radius 3 is 2.33 bits per heavy atom. The van der Waals surface area contributed by atoms with E-state index in [0.29, 0.717) is 37.0 Å². The monoisotopic (exact) mass is 465 g/mol. The molecule has 3 heterocycles. The molecule has 0 atom stereocenters. The summed E-state index contributed by atoms with van der Waals surface area (Å²) >= 11 is 0.928. The lowest BCUT2D eigenvalue weighted by atomic mass is 10.1. The summed E-state index contributed by atoms with van der Waals surface area (Å²) < 4.78 is 65.0. The molecule has 0 unspecified atom stereocenters. The van der Waals surface area contributed by atoms with Crippen molar-refractivity contribution in [2.75, 3.05) is 24.7 Å². The van der Waals surface area contributed by atoms with Gasteiger partial charge in [-0.05, 0) is 26.7 Å². The number of halogens is 3. The zero-order chi connectivity index (χ0) is 22.3. The molecule has 0 spiro atoms. The lowest BCUT2D eigenvalue weighted by molar-refractivity contribution is -0.137. The number of nitrogens with zero attached hydrogens (tertiary/aromatic N) is 4. The van der Waals surface area contributed by atoms with Gasteiger partial charge in [0.15, 0.2) is 0 Å². The molecule has 166 valence electrons. The van der Waals surface area contributed by atoms with E-state index < -0.39 is 27.4 Å². The second-order valence-electron chi connectivity index (χ2n) is 7.62. The maximum absolute atomic E-state index is 13.5. The molecule has 2 aromatic rings. The molecule has 1 fully saturated rings. The molecule has 1 saturated heterocycles. The van der Waals surface area contributed by atoms with E-state index in [2.05, 4.69) is 20.3 Å². The fraction of sp³-hybridized carbons (Fsp3) is 0.588. The average Bonchev–Trinajstić information content (AvgIpc) is 3.11. The molecule has 2 N–H and O–H groups in total. The predicted octanol–water partition coefficient (Wildman–Crippen LogP) is 2.68. The first kappa shape index (κ1) is 22.8. The number of hydrogen-bond donors (Lipinski definition) is 2. The predicted molar refractivity (Wildman–Crippen MR) is 106 cm³/mol. The van der Waals surface area contributed by atoms with Crippen LogP contribution in [0, 0.1) is 0 Å². The number of hydrogen-bond acceptors (Lipinski definition) is 8. The van der Waals surface area contributed by atoms with Crippen LogP contribution in [0.1, 0.15) is 37.1 Å². The fourth-order valence-electron chi connectivity index (χ4n) is 3.00. The van der Waals surface area contributed by atoms with Crippen LogP contribution in [0.15, 0.2) is 12.4 Å². The largest absolute Gasteiger partial charge is 0.420 e. The van der Waals surface area contributed by atoms with Gasteiger partial charge in [-0.3, -0.25) is 0 Å². The quantitative estimate of drug-likeness (QED) is 0.699. The summed E-state index contributed by atoms with van der Waals surface area (Å²) in [5.41, 5.74) is -2.62. The van der Waals surface area contributed by atoms with E-state index in [1.807, 2.05) is 0 Å². The van der Waals surface area contributed by atoms with E-state index in [1.54, 1.807) is 0 Å². The Balaban J connectivity index is 1.86. The highest BCUT2D eigenvalue weighted by Gasteiger charge is 2.37. The lowest BCUT2D eigenvalue weighted by Crippen LogP contribution is -2.42. The minimum atomic E-state index is -4.67. The first-order chi connectivity index (χ1) is 13.7. The Morgan fingerprint density at radius 1 is 1.20 bits per heavy atom. The summed E-state index contributed by atoms with van der Waals surface area (Å²) in [7, 11) is -3.27. The van der Waals surface area contributed by atoms with Gasteiger partial charge in [-0.2, -0.15) is 13.2 Å². The number of aromatic nitrogens is 3. The minimum Gasteiger partial charge on any atom is -0.385 e. The van der Waals surface area contributed by atoms with Crippen molar-refractivity contribution in [3.05, 3.63) is 22.8 Å². The first-order valence-electron chi connectivity index (χ1n) is 9.10. The van der Waals surface area contributed by atoms with Crippen molar-refractivity contribution in [1.82, 2.24) is 19.3 Å². The fourth-order valence-corrected chi connectivity index (χ4v) is 4.80. The van der Waals surface area contributed by atoms with Gasteiger partial charge in [0.1, 0.15) is 16.3 Å². The Labute approximate surface area is 176 Å². The van der Waals surface area contributed by atoms with E-state index in [9.17, 15) is 26.7 Å². The number of aliphatic hydroxyl groups is 1. The van der Waals surface area contributed by atoms with Gasteiger partial charge in [-0.1, -0.05) is 0 Å². The van der Waals surface area contributed by atoms with Crippen molar-refractivity contribution in [1.29, 1.82) is 0 Å². The van der Waals surface area contributed by atoms with Gasteiger partial charge in [0.05, 0.1) is 16.7 Å². The summed E-state index contributed by atoms with van der Waals surface area (Å²) in [5.74, 6) is 0.0100.